The van der Waals surface area contributed by atoms with Gasteiger partial charge in [0.25, 0.3) is 0 Å². The van der Waals surface area contributed by atoms with Gasteiger partial charge in [0, 0.05) is 27.3 Å². The number of nitrogens with zero attached hydrogens (tertiary/aromatic N) is 2. The van der Waals surface area contributed by atoms with Crippen molar-refractivity contribution in [2.75, 3.05) is 13.1 Å². The molecule has 0 spiro atoms. The van der Waals surface area contributed by atoms with E-state index in [9.17, 15) is 0 Å². The lowest BCUT2D eigenvalue weighted by Gasteiger charge is -2.22. The monoisotopic (exact) mass is 384 g/mol. The minimum absolute atomic E-state index is 0.455. The molecule has 116 valence electrons. The van der Waals surface area contributed by atoms with E-state index in [1.54, 1.807) is 0 Å². The van der Waals surface area contributed by atoms with Gasteiger partial charge < -0.3 is 4.57 Å². The molecular formula is C19H17BrN2S. The van der Waals surface area contributed by atoms with E-state index in [1.807, 2.05) is 11.3 Å². The highest BCUT2D eigenvalue weighted by atomic mass is 79.9. The van der Waals surface area contributed by atoms with Crippen LogP contribution in [-0.4, -0.2) is 22.6 Å². The molecule has 1 aromatic carbocycles. The van der Waals surface area contributed by atoms with Crippen molar-refractivity contribution in [3.05, 3.63) is 63.0 Å². The average molecular weight is 385 g/mol. The van der Waals surface area contributed by atoms with Gasteiger partial charge in [0.05, 0.1) is 16.6 Å². The van der Waals surface area contributed by atoms with Crippen LogP contribution >= 0.6 is 27.3 Å². The molecule has 2 aliphatic rings. The first-order chi connectivity index (χ1) is 11.3. The Balaban J connectivity index is 1.67. The lowest BCUT2D eigenvalue weighted by molar-refractivity contribution is 0.285. The molecule has 5 rings (SSSR count). The molecule has 0 amide bonds. The van der Waals surface area contributed by atoms with Gasteiger partial charge in [-0.25, -0.2) is 0 Å². The summed E-state index contributed by atoms with van der Waals surface area (Å²) in [4.78, 5) is 4.17. The third kappa shape index (κ3) is 2.09. The Hall–Kier alpha value is -1.36. The second-order valence-electron chi connectivity index (χ2n) is 6.32. The number of likely N-dealkylation sites (tertiary alicyclic amines) is 1. The minimum atomic E-state index is 0.455. The molecule has 1 atom stereocenters. The summed E-state index contributed by atoms with van der Waals surface area (Å²) in [5.41, 5.74) is 5.49. The molecule has 4 heterocycles. The zero-order valence-electron chi connectivity index (χ0n) is 12.7. The van der Waals surface area contributed by atoms with E-state index in [2.05, 4.69) is 73.4 Å². The van der Waals surface area contributed by atoms with E-state index in [4.69, 9.17) is 0 Å². The molecule has 1 saturated heterocycles. The van der Waals surface area contributed by atoms with Crippen LogP contribution in [-0.2, 0) is 0 Å². The first-order valence-corrected chi connectivity index (χ1v) is 9.79. The number of hydrogen-bond acceptors (Lipinski definition) is 2. The maximum absolute atomic E-state index is 3.54. The largest absolute Gasteiger partial charge is 0.317 e. The predicted molar refractivity (Wildman–Crippen MR) is 99.4 cm³/mol. The summed E-state index contributed by atoms with van der Waals surface area (Å²) in [6, 6.07) is 13.6. The van der Waals surface area contributed by atoms with Gasteiger partial charge in [-0.2, -0.15) is 0 Å². The third-order valence-electron chi connectivity index (χ3n) is 5.00. The van der Waals surface area contributed by atoms with Crippen LogP contribution in [0, 0.1) is 0 Å². The van der Waals surface area contributed by atoms with Gasteiger partial charge >= 0.3 is 0 Å². The molecule has 0 radical (unpaired) electrons. The van der Waals surface area contributed by atoms with E-state index < -0.39 is 0 Å². The van der Waals surface area contributed by atoms with Crippen molar-refractivity contribution in [2.24, 2.45) is 0 Å². The fraction of sp³-hybridized carbons (Fsp3) is 0.263. The maximum Gasteiger partial charge on any atom is 0.0874 e. The Bertz CT molecular complexity index is 856. The van der Waals surface area contributed by atoms with Crippen molar-refractivity contribution in [1.82, 2.24) is 9.47 Å². The first-order valence-electron chi connectivity index (χ1n) is 8.12. The molecule has 0 saturated carbocycles. The number of rotatable bonds is 2. The number of halogens is 1. The normalized spacial score (nSPS) is 20.0. The van der Waals surface area contributed by atoms with Crippen LogP contribution < -0.4 is 0 Å². The van der Waals surface area contributed by atoms with Crippen molar-refractivity contribution in [2.45, 2.75) is 18.9 Å². The fourth-order valence-electron chi connectivity index (χ4n) is 3.95. The zero-order chi connectivity index (χ0) is 15.4. The summed E-state index contributed by atoms with van der Waals surface area (Å²) in [5.74, 6) is 0. The average Bonchev–Trinajstić information content (AvgIpc) is 3.30. The van der Waals surface area contributed by atoms with Crippen LogP contribution in [0.3, 0.4) is 0 Å². The highest BCUT2D eigenvalue weighted by molar-refractivity contribution is 9.10. The molecule has 23 heavy (non-hydrogen) atoms. The highest BCUT2D eigenvalue weighted by Crippen LogP contribution is 2.49. The number of hydrogen-bond donors (Lipinski definition) is 0. The van der Waals surface area contributed by atoms with Gasteiger partial charge in [0.2, 0.25) is 0 Å². The van der Waals surface area contributed by atoms with Crippen molar-refractivity contribution in [3.8, 4) is 16.8 Å². The number of aromatic nitrogens is 1. The fourth-order valence-corrected chi connectivity index (χ4v) is 5.43. The van der Waals surface area contributed by atoms with Gasteiger partial charge in [0.1, 0.15) is 0 Å². The van der Waals surface area contributed by atoms with Crippen LogP contribution in [0.5, 0.6) is 0 Å². The van der Waals surface area contributed by atoms with E-state index in [0.717, 1.165) is 4.47 Å². The Morgan fingerprint density at radius 2 is 1.83 bits per heavy atom. The highest BCUT2D eigenvalue weighted by Gasteiger charge is 2.37. The third-order valence-corrected chi connectivity index (χ3v) is 6.56. The van der Waals surface area contributed by atoms with Gasteiger partial charge in [-0.1, -0.05) is 28.1 Å². The Morgan fingerprint density at radius 3 is 2.61 bits per heavy atom. The summed E-state index contributed by atoms with van der Waals surface area (Å²) in [7, 11) is 0. The van der Waals surface area contributed by atoms with Gasteiger partial charge in [-0.3, -0.25) is 4.90 Å². The zero-order valence-corrected chi connectivity index (χ0v) is 15.1. The molecule has 1 fully saturated rings. The molecule has 2 aromatic heterocycles. The Labute approximate surface area is 148 Å². The lowest BCUT2D eigenvalue weighted by atomic mass is 10.1. The Morgan fingerprint density at radius 1 is 1.04 bits per heavy atom. The molecule has 2 aliphatic heterocycles. The molecule has 2 nitrogen and oxygen atoms in total. The second-order valence-corrected chi connectivity index (χ2v) is 8.14. The van der Waals surface area contributed by atoms with Crippen LogP contribution in [0.25, 0.3) is 16.8 Å². The lowest BCUT2D eigenvalue weighted by Crippen LogP contribution is -2.24. The van der Waals surface area contributed by atoms with Crippen molar-refractivity contribution in [3.63, 3.8) is 0 Å². The number of thiophene rings is 1. The predicted octanol–water partition coefficient (Wildman–Crippen LogP) is 5.47. The molecule has 0 aliphatic carbocycles. The van der Waals surface area contributed by atoms with Gasteiger partial charge in [-0.05, 0) is 55.8 Å². The molecule has 0 bridgehead atoms. The van der Waals surface area contributed by atoms with Crippen LogP contribution in [0.1, 0.15) is 29.5 Å². The van der Waals surface area contributed by atoms with Crippen LogP contribution in [0.4, 0.5) is 0 Å². The van der Waals surface area contributed by atoms with Crippen molar-refractivity contribution < 1.29 is 0 Å². The molecule has 4 heteroatoms. The maximum atomic E-state index is 3.54. The molecular weight excluding hydrogens is 368 g/mol. The quantitative estimate of drug-likeness (QED) is 0.568. The smallest absolute Gasteiger partial charge is 0.0874 e. The summed E-state index contributed by atoms with van der Waals surface area (Å²) < 4.78 is 3.54. The number of benzene rings is 1. The van der Waals surface area contributed by atoms with E-state index in [1.165, 1.54) is 53.3 Å². The van der Waals surface area contributed by atoms with E-state index in [-0.39, 0.29) is 0 Å². The van der Waals surface area contributed by atoms with Crippen molar-refractivity contribution >= 4 is 27.3 Å². The minimum Gasteiger partial charge on any atom is -0.317 e. The van der Waals surface area contributed by atoms with Gasteiger partial charge in [-0.15, -0.1) is 11.3 Å². The summed E-state index contributed by atoms with van der Waals surface area (Å²) in [5, 5.41) is 2.33. The standard InChI is InChI=1S/C19H17BrN2S/c20-14-7-5-13(6-8-14)15-12-23-19-17(15)22-11-3-4-16(22)18(19)21-9-1-2-10-21/h3-8,11-12,18H,1-2,9-10H2. The summed E-state index contributed by atoms with van der Waals surface area (Å²) in [6.45, 7) is 2.45. The van der Waals surface area contributed by atoms with Crippen LogP contribution in [0.2, 0.25) is 0 Å². The summed E-state index contributed by atoms with van der Waals surface area (Å²) in [6.07, 6.45) is 4.88. The van der Waals surface area contributed by atoms with E-state index in [0.29, 0.717) is 6.04 Å². The molecule has 3 aromatic rings. The molecule has 0 N–H and O–H groups in total. The summed E-state index contributed by atoms with van der Waals surface area (Å²) >= 11 is 5.46. The van der Waals surface area contributed by atoms with Crippen LogP contribution in [0.15, 0.2) is 52.4 Å². The van der Waals surface area contributed by atoms with Crippen molar-refractivity contribution in [1.29, 1.82) is 0 Å². The van der Waals surface area contributed by atoms with Gasteiger partial charge in [0.15, 0.2) is 0 Å². The Kier molecular flexibility index (Phi) is 3.25. The second kappa shape index (κ2) is 5.33. The SMILES string of the molecule is Brc1ccc(-c2csc3c2-n2cccc2C3N2CCCC2)cc1. The van der Waals surface area contributed by atoms with E-state index >= 15 is 0 Å². The molecule has 1 unspecified atom stereocenters. The number of fused-ring (bicyclic) bond motifs is 3. The topological polar surface area (TPSA) is 8.17 Å². The first kappa shape index (κ1) is 14.0.